The Hall–Kier alpha value is -1.49. The van der Waals surface area contributed by atoms with Crippen LogP contribution in [0.3, 0.4) is 0 Å². The van der Waals surface area contributed by atoms with Gasteiger partial charge in [0.1, 0.15) is 0 Å². The summed E-state index contributed by atoms with van der Waals surface area (Å²) >= 11 is 4.15. The Kier molecular flexibility index (Phi) is 4.17. The van der Waals surface area contributed by atoms with Crippen LogP contribution in [0.25, 0.3) is 0 Å². The molecule has 0 aliphatic heterocycles. The second-order valence-corrected chi connectivity index (χ2v) is 3.44. The summed E-state index contributed by atoms with van der Waals surface area (Å²) in [6.45, 7) is 0. The Morgan fingerprint density at radius 2 is 1.93 bits per heavy atom. The molecule has 0 bridgehead atoms. The van der Waals surface area contributed by atoms with Gasteiger partial charge in [-0.05, 0) is 12.1 Å². The number of para-hydroxylation sites is 1. The van der Waals surface area contributed by atoms with E-state index in [0.29, 0.717) is 10.6 Å². The van der Waals surface area contributed by atoms with E-state index in [0.717, 1.165) is 0 Å². The zero-order chi connectivity index (χ0) is 11.3. The number of aliphatic carboxylic acids is 1. The van der Waals surface area contributed by atoms with Gasteiger partial charge in [-0.1, -0.05) is 12.1 Å². The van der Waals surface area contributed by atoms with Gasteiger partial charge >= 0.3 is 5.97 Å². The largest absolute Gasteiger partial charge is 0.481 e. The van der Waals surface area contributed by atoms with Crippen molar-refractivity contribution in [2.24, 2.45) is 0 Å². The summed E-state index contributed by atoms with van der Waals surface area (Å²) in [6, 6.07) is 7.03. The molecule has 80 valence electrons. The molecule has 0 unspecified atom stereocenters. The lowest BCUT2D eigenvalue weighted by Crippen LogP contribution is -2.13. The second kappa shape index (κ2) is 5.41. The highest BCUT2D eigenvalue weighted by Crippen LogP contribution is 2.18. The lowest BCUT2D eigenvalue weighted by molar-refractivity contribution is -0.138. The van der Waals surface area contributed by atoms with Crippen LogP contribution in [-0.4, -0.2) is 17.0 Å². The van der Waals surface area contributed by atoms with Gasteiger partial charge in [0.05, 0.1) is 12.1 Å². The Bertz CT molecular complexity index is 379. The van der Waals surface area contributed by atoms with Crippen LogP contribution in [0, 0.1) is 0 Å². The number of anilines is 1. The smallest absolute Gasteiger partial charge is 0.303 e. The third kappa shape index (κ3) is 4.03. The van der Waals surface area contributed by atoms with E-state index in [1.807, 2.05) is 0 Å². The minimum Gasteiger partial charge on any atom is -0.481 e. The molecule has 0 aliphatic rings. The molecule has 0 saturated heterocycles. The highest BCUT2D eigenvalue weighted by molar-refractivity contribution is 7.80. The topological polar surface area (TPSA) is 66.4 Å². The normalized spacial score (nSPS) is 9.67. The summed E-state index contributed by atoms with van der Waals surface area (Å²) in [7, 11) is 0. The van der Waals surface area contributed by atoms with E-state index < -0.39 is 5.97 Å². The molecule has 1 amide bonds. The number of nitrogens with one attached hydrogen (secondary N) is 1. The van der Waals surface area contributed by atoms with E-state index in [9.17, 15) is 9.59 Å². The molecule has 0 heterocycles. The first-order valence-electron chi connectivity index (χ1n) is 4.39. The molecule has 2 N–H and O–H groups in total. The maximum Gasteiger partial charge on any atom is 0.303 e. The van der Waals surface area contributed by atoms with E-state index in [1.54, 1.807) is 24.3 Å². The molecular weight excluding hydrogens is 214 g/mol. The molecule has 0 fully saturated rings. The lowest BCUT2D eigenvalue weighted by atomic mass is 10.2. The van der Waals surface area contributed by atoms with E-state index in [1.165, 1.54) is 0 Å². The van der Waals surface area contributed by atoms with Crippen LogP contribution in [0.2, 0.25) is 0 Å². The Morgan fingerprint density at radius 1 is 1.27 bits per heavy atom. The summed E-state index contributed by atoms with van der Waals surface area (Å²) in [5.41, 5.74) is 0.594. The fourth-order valence-corrected chi connectivity index (χ4v) is 1.23. The first-order valence-corrected chi connectivity index (χ1v) is 4.84. The average molecular weight is 225 g/mol. The number of carboxylic acid groups (broad SMARTS) is 1. The molecule has 4 nitrogen and oxygen atoms in total. The molecular formula is C10H11NO3S. The molecule has 0 aliphatic carbocycles. The highest BCUT2D eigenvalue weighted by atomic mass is 32.1. The summed E-state index contributed by atoms with van der Waals surface area (Å²) in [5.74, 6) is -1.30. The zero-order valence-corrected chi connectivity index (χ0v) is 8.83. The maximum absolute atomic E-state index is 11.3. The average Bonchev–Trinajstić information content (AvgIpc) is 2.18. The Balaban J connectivity index is 2.52. The van der Waals surface area contributed by atoms with Crippen molar-refractivity contribution in [1.29, 1.82) is 0 Å². The molecule has 1 aromatic carbocycles. The standard InChI is InChI=1S/C10H11NO3S/c12-9(5-6-10(13)14)11-7-3-1-2-4-8(7)15/h1-4,15H,5-6H2,(H,11,12)(H,13,14). The maximum atomic E-state index is 11.3. The van der Waals surface area contributed by atoms with Gasteiger partial charge in [0.15, 0.2) is 0 Å². The van der Waals surface area contributed by atoms with Crippen molar-refractivity contribution >= 4 is 30.2 Å². The van der Waals surface area contributed by atoms with Crippen molar-refractivity contribution in [3.05, 3.63) is 24.3 Å². The first-order chi connectivity index (χ1) is 7.09. The fourth-order valence-electron chi connectivity index (χ4n) is 1.01. The number of hydrogen-bond acceptors (Lipinski definition) is 3. The number of carbonyl (C=O) groups is 2. The monoisotopic (exact) mass is 225 g/mol. The van der Waals surface area contributed by atoms with E-state index >= 15 is 0 Å². The fraction of sp³-hybridized carbons (Fsp3) is 0.200. The summed E-state index contributed by atoms with van der Waals surface area (Å²) in [6.07, 6.45) is -0.196. The molecule has 0 saturated carbocycles. The number of hydrogen-bond donors (Lipinski definition) is 3. The van der Waals surface area contributed by atoms with Gasteiger partial charge < -0.3 is 10.4 Å². The minimum atomic E-state index is -0.982. The number of amides is 1. The van der Waals surface area contributed by atoms with E-state index in [4.69, 9.17) is 5.11 Å². The molecule has 0 atom stereocenters. The van der Waals surface area contributed by atoms with E-state index in [-0.39, 0.29) is 18.7 Å². The van der Waals surface area contributed by atoms with Gasteiger partial charge in [0, 0.05) is 11.3 Å². The first kappa shape index (κ1) is 11.6. The third-order valence-electron chi connectivity index (χ3n) is 1.74. The highest BCUT2D eigenvalue weighted by Gasteiger charge is 2.06. The molecule has 5 heteroatoms. The van der Waals surface area contributed by atoms with Crippen LogP contribution in [0.5, 0.6) is 0 Å². The SMILES string of the molecule is O=C(O)CCC(=O)Nc1ccccc1S. The zero-order valence-electron chi connectivity index (χ0n) is 7.93. The Labute approximate surface area is 92.7 Å². The third-order valence-corrected chi connectivity index (χ3v) is 2.13. The number of carboxylic acids is 1. The van der Waals surface area contributed by atoms with Gasteiger partial charge in [-0.15, -0.1) is 12.6 Å². The van der Waals surface area contributed by atoms with Gasteiger partial charge in [0.25, 0.3) is 0 Å². The summed E-state index contributed by atoms with van der Waals surface area (Å²) in [4.78, 5) is 22.1. The van der Waals surface area contributed by atoms with E-state index in [2.05, 4.69) is 17.9 Å². The van der Waals surface area contributed by atoms with Crippen molar-refractivity contribution in [3.8, 4) is 0 Å². The van der Waals surface area contributed by atoms with Gasteiger partial charge in [0.2, 0.25) is 5.91 Å². The molecule has 0 aromatic heterocycles. The van der Waals surface area contributed by atoms with Crippen molar-refractivity contribution in [2.45, 2.75) is 17.7 Å². The van der Waals surface area contributed by atoms with Crippen LogP contribution in [-0.2, 0) is 9.59 Å². The van der Waals surface area contributed by atoms with Crippen molar-refractivity contribution in [1.82, 2.24) is 0 Å². The number of carbonyl (C=O) groups excluding carboxylic acids is 1. The van der Waals surface area contributed by atoms with Crippen LogP contribution in [0.1, 0.15) is 12.8 Å². The van der Waals surface area contributed by atoms with Gasteiger partial charge in [-0.25, -0.2) is 0 Å². The quantitative estimate of drug-likeness (QED) is 0.684. The summed E-state index contributed by atoms with van der Waals surface area (Å²) in [5, 5.41) is 11.0. The number of benzene rings is 1. The van der Waals surface area contributed by atoms with Crippen LogP contribution in [0.4, 0.5) is 5.69 Å². The van der Waals surface area contributed by atoms with Crippen LogP contribution in [0.15, 0.2) is 29.2 Å². The second-order valence-electron chi connectivity index (χ2n) is 2.96. The van der Waals surface area contributed by atoms with Crippen molar-refractivity contribution in [2.75, 3.05) is 5.32 Å². The van der Waals surface area contributed by atoms with Gasteiger partial charge in [-0.2, -0.15) is 0 Å². The Morgan fingerprint density at radius 3 is 2.53 bits per heavy atom. The van der Waals surface area contributed by atoms with Gasteiger partial charge in [-0.3, -0.25) is 9.59 Å². The number of rotatable bonds is 4. The molecule has 15 heavy (non-hydrogen) atoms. The molecule has 1 aromatic rings. The predicted octanol–water partition coefficient (Wildman–Crippen LogP) is 1.78. The van der Waals surface area contributed by atoms with Crippen LogP contribution < -0.4 is 5.32 Å². The molecule has 1 rings (SSSR count). The molecule has 0 spiro atoms. The lowest BCUT2D eigenvalue weighted by Gasteiger charge is -2.06. The predicted molar refractivity (Wildman–Crippen MR) is 59.2 cm³/mol. The van der Waals surface area contributed by atoms with Crippen molar-refractivity contribution < 1.29 is 14.7 Å². The van der Waals surface area contributed by atoms with Crippen molar-refractivity contribution in [3.63, 3.8) is 0 Å². The summed E-state index contributed by atoms with van der Waals surface area (Å²) < 4.78 is 0. The number of thiol groups is 1. The molecule has 0 radical (unpaired) electrons. The minimum absolute atomic E-state index is 0.0303. The van der Waals surface area contributed by atoms with Crippen LogP contribution >= 0.6 is 12.6 Å².